The van der Waals surface area contributed by atoms with Gasteiger partial charge in [0.2, 0.25) is 0 Å². The molecule has 8 heteroatoms. The molecular formula is C19H17ClF3NO3. The maximum atomic E-state index is 13.0. The minimum atomic E-state index is -4.49. The maximum absolute atomic E-state index is 13.0. The summed E-state index contributed by atoms with van der Waals surface area (Å²) in [5.74, 6) is 0.222. The number of hydrogen-bond donors (Lipinski definition) is 0. The molecule has 27 heavy (non-hydrogen) atoms. The number of nitrogens with zero attached hydrogens (tertiary/aromatic N) is 1. The van der Waals surface area contributed by atoms with E-state index in [0.717, 1.165) is 12.1 Å². The van der Waals surface area contributed by atoms with E-state index in [2.05, 4.69) is 0 Å². The number of carbonyl (C=O) groups is 1. The number of ether oxygens (including phenoxy) is 2. The molecule has 0 aromatic heterocycles. The predicted molar refractivity (Wildman–Crippen MR) is 93.3 cm³/mol. The summed E-state index contributed by atoms with van der Waals surface area (Å²) >= 11 is 6.08. The third-order valence-electron chi connectivity index (χ3n) is 4.17. The molecule has 144 valence electrons. The molecule has 0 bridgehead atoms. The Morgan fingerprint density at radius 3 is 2.70 bits per heavy atom. The minimum Gasteiger partial charge on any atom is -0.493 e. The van der Waals surface area contributed by atoms with Crippen molar-refractivity contribution in [3.05, 3.63) is 64.2 Å². The number of amides is 1. The van der Waals surface area contributed by atoms with Gasteiger partial charge in [-0.25, -0.2) is 0 Å². The molecule has 1 aliphatic rings. The van der Waals surface area contributed by atoms with E-state index < -0.39 is 18.0 Å². The molecule has 1 unspecified atom stereocenters. The number of halogens is 4. The van der Waals surface area contributed by atoms with E-state index in [1.54, 1.807) is 24.3 Å². The molecule has 0 spiro atoms. The van der Waals surface area contributed by atoms with Crippen LogP contribution in [0.2, 0.25) is 5.02 Å². The van der Waals surface area contributed by atoms with Crippen molar-refractivity contribution >= 4 is 17.5 Å². The van der Waals surface area contributed by atoms with Crippen molar-refractivity contribution < 1.29 is 27.4 Å². The SMILES string of the molecule is CCOc1ccccc1C1OCC(=O)N1Cc1cc(C(F)(F)F)ccc1Cl. The summed E-state index contributed by atoms with van der Waals surface area (Å²) in [5, 5.41) is 0.152. The molecule has 1 fully saturated rings. The first-order chi connectivity index (χ1) is 12.8. The van der Waals surface area contributed by atoms with Gasteiger partial charge < -0.3 is 14.4 Å². The first-order valence-electron chi connectivity index (χ1n) is 8.29. The molecule has 0 saturated carbocycles. The normalized spacial score (nSPS) is 17.4. The number of benzene rings is 2. The second kappa shape index (κ2) is 7.78. The molecule has 0 aliphatic carbocycles. The van der Waals surface area contributed by atoms with Crippen LogP contribution in [0.4, 0.5) is 13.2 Å². The van der Waals surface area contributed by atoms with Crippen molar-refractivity contribution in [3.63, 3.8) is 0 Å². The Bertz CT molecular complexity index is 841. The molecule has 1 atom stereocenters. The Morgan fingerprint density at radius 1 is 1.26 bits per heavy atom. The number of alkyl halides is 3. The summed E-state index contributed by atoms with van der Waals surface area (Å²) in [6.07, 6.45) is -5.25. The zero-order valence-electron chi connectivity index (χ0n) is 14.4. The lowest BCUT2D eigenvalue weighted by atomic mass is 10.1. The molecule has 1 amide bonds. The zero-order valence-corrected chi connectivity index (χ0v) is 15.2. The lowest BCUT2D eigenvalue weighted by molar-refractivity contribution is -0.137. The molecular weight excluding hydrogens is 383 g/mol. The first kappa shape index (κ1) is 19.5. The third-order valence-corrected chi connectivity index (χ3v) is 4.54. The Labute approximate surface area is 159 Å². The zero-order chi connectivity index (χ0) is 19.6. The second-order valence-corrected chi connectivity index (χ2v) is 6.37. The van der Waals surface area contributed by atoms with Crippen LogP contribution in [0.15, 0.2) is 42.5 Å². The van der Waals surface area contributed by atoms with Gasteiger partial charge in [-0.1, -0.05) is 29.8 Å². The van der Waals surface area contributed by atoms with Crippen LogP contribution in [0, 0.1) is 0 Å². The van der Waals surface area contributed by atoms with Gasteiger partial charge >= 0.3 is 6.18 Å². The van der Waals surface area contributed by atoms with E-state index in [9.17, 15) is 18.0 Å². The summed E-state index contributed by atoms with van der Waals surface area (Å²) in [5.41, 5.74) is 0.0123. The van der Waals surface area contributed by atoms with Gasteiger partial charge in [0.15, 0.2) is 6.23 Å². The van der Waals surface area contributed by atoms with Crippen molar-refractivity contribution in [3.8, 4) is 5.75 Å². The Morgan fingerprint density at radius 2 is 2.00 bits per heavy atom. The summed E-state index contributed by atoms with van der Waals surface area (Å²) in [6.45, 7) is 1.99. The third kappa shape index (κ3) is 4.20. The Hall–Kier alpha value is -2.25. The Kier molecular flexibility index (Phi) is 5.62. The topological polar surface area (TPSA) is 38.8 Å². The number of rotatable bonds is 5. The quantitative estimate of drug-likeness (QED) is 0.724. The van der Waals surface area contributed by atoms with Crippen LogP contribution in [0.3, 0.4) is 0 Å². The van der Waals surface area contributed by atoms with E-state index >= 15 is 0 Å². The number of para-hydroxylation sites is 1. The molecule has 0 radical (unpaired) electrons. The first-order valence-corrected chi connectivity index (χ1v) is 8.67. The lowest BCUT2D eigenvalue weighted by Gasteiger charge is -2.25. The van der Waals surface area contributed by atoms with Crippen LogP contribution >= 0.6 is 11.6 Å². The van der Waals surface area contributed by atoms with E-state index in [-0.39, 0.29) is 29.6 Å². The van der Waals surface area contributed by atoms with Gasteiger partial charge in [-0.05, 0) is 36.8 Å². The van der Waals surface area contributed by atoms with Crippen LogP contribution < -0.4 is 4.74 Å². The highest BCUT2D eigenvalue weighted by molar-refractivity contribution is 6.31. The van der Waals surface area contributed by atoms with Gasteiger partial charge in [-0.2, -0.15) is 13.2 Å². The molecule has 4 nitrogen and oxygen atoms in total. The summed E-state index contributed by atoms with van der Waals surface area (Å²) in [4.78, 5) is 13.7. The predicted octanol–water partition coefficient (Wildman–Crippen LogP) is 4.82. The van der Waals surface area contributed by atoms with Gasteiger partial charge in [0.05, 0.1) is 18.7 Å². The van der Waals surface area contributed by atoms with Crippen LogP contribution in [-0.4, -0.2) is 24.0 Å². The molecule has 3 rings (SSSR count). The van der Waals surface area contributed by atoms with E-state index in [1.807, 2.05) is 6.92 Å². The van der Waals surface area contributed by atoms with Crippen LogP contribution in [0.25, 0.3) is 0 Å². The highest BCUT2D eigenvalue weighted by Crippen LogP contribution is 2.37. The summed E-state index contributed by atoms with van der Waals surface area (Å²) < 4.78 is 50.2. The van der Waals surface area contributed by atoms with E-state index in [0.29, 0.717) is 17.9 Å². The molecule has 0 N–H and O–H groups in total. The molecule has 2 aromatic carbocycles. The van der Waals surface area contributed by atoms with Gasteiger partial charge in [0, 0.05) is 10.6 Å². The van der Waals surface area contributed by atoms with Crippen molar-refractivity contribution in [2.24, 2.45) is 0 Å². The minimum absolute atomic E-state index is 0.104. The van der Waals surface area contributed by atoms with Gasteiger partial charge in [0.1, 0.15) is 12.4 Å². The van der Waals surface area contributed by atoms with Crippen LogP contribution in [-0.2, 0) is 22.3 Å². The van der Waals surface area contributed by atoms with Crippen molar-refractivity contribution in [1.82, 2.24) is 4.90 Å². The van der Waals surface area contributed by atoms with Crippen molar-refractivity contribution in [1.29, 1.82) is 0 Å². The highest BCUT2D eigenvalue weighted by Gasteiger charge is 2.36. The fourth-order valence-corrected chi connectivity index (χ4v) is 3.09. The van der Waals surface area contributed by atoms with Gasteiger partial charge in [-0.15, -0.1) is 0 Å². The summed E-state index contributed by atoms with van der Waals surface area (Å²) in [7, 11) is 0. The fourth-order valence-electron chi connectivity index (χ4n) is 2.91. The largest absolute Gasteiger partial charge is 0.493 e. The average Bonchev–Trinajstić information content (AvgIpc) is 2.97. The average molecular weight is 400 g/mol. The molecule has 1 aliphatic heterocycles. The van der Waals surface area contributed by atoms with Gasteiger partial charge in [-0.3, -0.25) is 4.79 Å². The smallest absolute Gasteiger partial charge is 0.416 e. The van der Waals surface area contributed by atoms with Crippen molar-refractivity contribution in [2.45, 2.75) is 25.9 Å². The summed E-state index contributed by atoms with van der Waals surface area (Å²) in [6, 6.07) is 10.1. The van der Waals surface area contributed by atoms with Gasteiger partial charge in [0.25, 0.3) is 5.91 Å². The number of carbonyl (C=O) groups excluding carboxylic acids is 1. The molecule has 1 heterocycles. The number of hydrogen-bond acceptors (Lipinski definition) is 3. The van der Waals surface area contributed by atoms with E-state index in [1.165, 1.54) is 11.0 Å². The second-order valence-electron chi connectivity index (χ2n) is 5.96. The highest BCUT2D eigenvalue weighted by atomic mass is 35.5. The standard InChI is InChI=1S/C19H17ClF3NO3/c1-2-26-16-6-4-3-5-14(16)18-24(17(25)11-27-18)10-12-9-13(19(21,22)23)7-8-15(12)20/h3-9,18H,2,10-11H2,1H3. The molecule has 2 aromatic rings. The van der Waals surface area contributed by atoms with Crippen LogP contribution in [0.5, 0.6) is 5.75 Å². The maximum Gasteiger partial charge on any atom is 0.416 e. The Balaban J connectivity index is 1.93. The van der Waals surface area contributed by atoms with E-state index in [4.69, 9.17) is 21.1 Å². The van der Waals surface area contributed by atoms with Crippen molar-refractivity contribution in [2.75, 3.05) is 13.2 Å². The lowest BCUT2D eigenvalue weighted by Crippen LogP contribution is -2.28. The monoisotopic (exact) mass is 399 g/mol. The molecule has 1 saturated heterocycles. The van der Waals surface area contributed by atoms with Crippen LogP contribution in [0.1, 0.15) is 29.8 Å². The fraction of sp³-hybridized carbons (Fsp3) is 0.316.